The van der Waals surface area contributed by atoms with Crippen LogP contribution in [0.5, 0.6) is 0 Å². The van der Waals surface area contributed by atoms with E-state index in [1.807, 2.05) is 0 Å². The lowest BCUT2D eigenvalue weighted by Gasteiger charge is -2.34. The van der Waals surface area contributed by atoms with E-state index in [0.717, 1.165) is 26.2 Å². The highest BCUT2D eigenvalue weighted by atomic mass is 79.9. The standard InChI is InChI=1S/C12H17BrN2/c1-10-3-4-11(13)12(9-10)15-7-5-14(2)6-8-15/h3-4,9H,5-8H2,1-2H3. The summed E-state index contributed by atoms with van der Waals surface area (Å²) in [6.07, 6.45) is 0. The number of benzene rings is 1. The Kier molecular flexibility index (Phi) is 3.32. The molecule has 2 nitrogen and oxygen atoms in total. The van der Waals surface area contributed by atoms with Gasteiger partial charge in [-0.05, 0) is 47.6 Å². The zero-order chi connectivity index (χ0) is 10.8. The van der Waals surface area contributed by atoms with Crippen LogP contribution in [0.3, 0.4) is 0 Å². The average molecular weight is 269 g/mol. The van der Waals surface area contributed by atoms with E-state index in [9.17, 15) is 0 Å². The SMILES string of the molecule is Cc1ccc(Br)c(N2CCN(C)CC2)c1. The third-order valence-electron chi connectivity index (χ3n) is 2.95. The van der Waals surface area contributed by atoms with Crippen molar-refractivity contribution >= 4 is 21.6 Å². The number of likely N-dealkylation sites (N-methyl/N-ethyl adjacent to an activating group) is 1. The van der Waals surface area contributed by atoms with Crippen molar-refractivity contribution in [2.24, 2.45) is 0 Å². The first-order chi connectivity index (χ1) is 7.16. The van der Waals surface area contributed by atoms with Gasteiger partial charge in [0.15, 0.2) is 0 Å². The molecule has 0 amide bonds. The molecular weight excluding hydrogens is 252 g/mol. The predicted molar refractivity (Wildman–Crippen MR) is 68.6 cm³/mol. The van der Waals surface area contributed by atoms with Crippen LogP contribution >= 0.6 is 15.9 Å². The molecule has 2 rings (SSSR count). The summed E-state index contributed by atoms with van der Waals surface area (Å²) in [7, 11) is 2.18. The first-order valence-corrected chi connectivity index (χ1v) is 6.16. The van der Waals surface area contributed by atoms with Crippen LogP contribution < -0.4 is 4.90 Å². The summed E-state index contributed by atoms with van der Waals surface area (Å²) < 4.78 is 1.21. The van der Waals surface area contributed by atoms with Crippen LogP contribution in [-0.4, -0.2) is 38.1 Å². The van der Waals surface area contributed by atoms with Crippen molar-refractivity contribution in [2.45, 2.75) is 6.92 Å². The molecule has 0 saturated carbocycles. The van der Waals surface area contributed by atoms with Gasteiger partial charge in [-0.25, -0.2) is 0 Å². The van der Waals surface area contributed by atoms with Crippen LogP contribution in [-0.2, 0) is 0 Å². The maximum absolute atomic E-state index is 3.63. The lowest BCUT2D eigenvalue weighted by atomic mass is 10.2. The van der Waals surface area contributed by atoms with E-state index in [0.29, 0.717) is 0 Å². The van der Waals surface area contributed by atoms with Gasteiger partial charge in [0.05, 0.1) is 5.69 Å². The third-order valence-corrected chi connectivity index (χ3v) is 3.62. The summed E-state index contributed by atoms with van der Waals surface area (Å²) >= 11 is 3.63. The molecule has 15 heavy (non-hydrogen) atoms. The van der Waals surface area contributed by atoms with Crippen molar-refractivity contribution < 1.29 is 0 Å². The molecule has 0 aromatic heterocycles. The minimum absolute atomic E-state index is 1.12. The first-order valence-electron chi connectivity index (χ1n) is 5.36. The molecule has 0 atom stereocenters. The number of hydrogen-bond acceptors (Lipinski definition) is 2. The second-order valence-electron chi connectivity index (χ2n) is 4.25. The molecule has 3 heteroatoms. The Balaban J connectivity index is 2.18. The number of anilines is 1. The van der Waals surface area contributed by atoms with Crippen LogP contribution in [0.25, 0.3) is 0 Å². The van der Waals surface area contributed by atoms with E-state index in [1.165, 1.54) is 15.7 Å². The molecule has 1 aromatic carbocycles. The Bertz CT molecular complexity index is 343. The topological polar surface area (TPSA) is 6.48 Å². The largest absolute Gasteiger partial charge is 0.368 e. The van der Waals surface area contributed by atoms with Crippen molar-refractivity contribution in [1.29, 1.82) is 0 Å². The Morgan fingerprint density at radius 2 is 1.80 bits per heavy atom. The van der Waals surface area contributed by atoms with Gasteiger partial charge >= 0.3 is 0 Å². The Morgan fingerprint density at radius 3 is 2.47 bits per heavy atom. The molecule has 0 N–H and O–H groups in total. The van der Waals surface area contributed by atoms with Crippen molar-refractivity contribution in [1.82, 2.24) is 4.90 Å². The zero-order valence-corrected chi connectivity index (χ0v) is 10.9. The smallest absolute Gasteiger partial charge is 0.0514 e. The molecule has 1 aliphatic heterocycles. The van der Waals surface area contributed by atoms with Gasteiger partial charge in [0.2, 0.25) is 0 Å². The van der Waals surface area contributed by atoms with Gasteiger partial charge in [0.25, 0.3) is 0 Å². The number of piperazine rings is 1. The van der Waals surface area contributed by atoms with Crippen LogP contribution in [0, 0.1) is 6.92 Å². The van der Waals surface area contributed by atoms with E-state index >= 15 is 0 Å². The zero-order valence-electron chi connectivity index (χ0n) is 9.33. The maximum atomic E-state index is 3.63. The van der Waals surface area contributed by atoms with Crippen molar-refractivity contribution in [3.05, 3.63) is 28.2 Å². The van der Waals surface area contributed by atoms with E-state index in [4.69, 9.17) is 0 Å². The fraction of sp³-hybridized carbons (Fsp3) is 0.500. The molecule has 0 spiro atoms. The molecule has 0 radical (unpaired) electrons. The first kappa shape index (κ1) is 11.0. The molecule has 1 aromatic rings. The molecule has 1 fully saturated rings. The quantitative estimate of drug-likeness (QED) is 0.773. The van der Waals surface area contributed by atoms with Gasteiger partial charge in [0.1, 0.15) is 0 Å². The number of rotatable bonds is 1. The second kappa shape index (κ2) is 4.54. The number of halogens is 1. The molecule has 0 unspecified atom stereocenters. The fourth-order valence-corrected chi connectivity index (χ4v) is 2.41. The number of aryl methyl sites for hydroxylation is 1. The van der Waals surface area contributed by atoms with E-state index in [1.54, 1.807) is 0 Å². The van der Waals surface area contributed by atoms with Crippen LogP contribution in [0.4, 0.5) is 5.69 Å². The van der Waals surface area contributed by atoms with Crippen molar-refractivity contribution in [3.63, 3.8) is 0 Å². The second-order valence-corrected chi connectivity index (χ2v) is 5.10. The Morgan fingerprint density at radius 1 is 1.13 bits per heavy atom. The van der Waals surface area contributed by atoms with Crippen LogP contribution in [0.1, 0.15) is 5.56 Å². The Hall–Kier alpha value is -0.540. The highest BCUT2D eigenvalue weighted by Crippen LogP contribution is 2.27. The summed E-state index contributed by atoms with van der Waals surface area (Å²) in [5, 5.41) is 0. The van der Waals surface area contributed by atoms with E-state index in [2.05, 4.69) is 57.9 Å². The van der Waals surface area contributed by atoms with Crippen LogP contribution in [0.2, 0.25) is 0 Å². The summed E-state index contributed by atoms with van der Waals surface area (Å²) in [5.41, 5.74) is 2.66. The van der Waals surface area contributed by atoms with Gasteiger partial charge < -0.3 is 9.80 Å². The molecule has 1 saturated heterocycles. The maximum Gasteiger partial charge on any atom is 0.0514 e. The van der Waals surface area contributed by atoms with E-state index in [-0.39, 0.29) is 0 Å². The molecule has 1 aliphatic rings. The molecule has 0 aliphatic carbocycles. The molecule has 0 bridgehead atoms. The summed E-state index contributed by atoms with van der Waals surface area (Å²) in [4.78, 5) is 4.83. The number of nitrogens with zero attached hydrogens (tertiary/aromatic N) is 2. The van der Waals surface area contributed by atoms with Gasteiger partial charge in [-0.3, -0.25) is 0 Å². The summed E-state index contributed by atoms with van der Waals surface area (Å²) in [6, 6.07) is 6.54. The molecular formula is C12H17BrN2. The molecule has 82 valence electrons. The van der Waals surface area contributed by atoms with E-state index < -0.39 is 0 Å². The van der Waals surface area contributed by atoms with Crippen LogP contribution in [0.15, 0.2) is 22.7 Å². The minimum atomic E-state index is 1.12. The summed E-state index contributed by atoms with van der Waals surface area (Å²) in [6.45, 7) is 6.70. The lowest BCUT2D eigenvalue weighted by molar-refractivity contribution is 0.312. The monoisotopic (exact) mass is 268 g/mol. The highest BCUT2D eigenvalue weighted by Gasteiger charge is 2.16. The highest BCUT2D eigenvalue weighted by molar-refractivity contribution is 9.10. The van der Waals surface area contributed by atoms with Crippen molar-refractivity contribution in [2.75, 3.05) is 38.1 Å². The minimum Gasteiger partial charge on any atom is -0.368 e. The Labute approximate surface area is 100 Å². The number of hydrogen-bond donors (Lipinski definition) is 0. The average Bonchev–Trinajstić information content (AvgIpc) is 2.23. The molecule has 1 heterocycles. The van der Waals surface area contributed by atoms with Crippen molar-refractivity contribution in [3.8, 4) is 0 Å². The summed E-state index contributed by atoms with van der Waals surface area (Å²) in [5.74, 6) is 0. The predicted octanol–water partition coefficient (Wildman–Crippen LogP) is 2.51. The third kappa shape index (κ3) is 2.52. The van der Waals surface area contributed by atoms with Gasteiger partial charge in [0, 0.05) is 30.7 Å². The fourth-order valence-electron chi connectivity index (χ4n) is 1.91. The van der Waals surface area contributed by atoms with Gasteiger partial charge in [-0.1, -0.05) is 6.07 Å². The lowest BCUT2D eigenvalue weighted by Crippen LogP contribution is -2.44. The normalized spacial score (nSPS) is 18.2. The van der Waals surface area contributed by atoms with Gasteiger partial charge in [-0.2, -0.15) is 0 Å². The van der Waals surface area contributed by atoms with Gasteiger partial charge in [-0.15, -0.1) is 0 Å².